The molecule has 2 rings (SSSR count). The van der Waals surface area contributed by atoms with E-state index in [1.165, 1.54) is 0 Å². The van der Waals surface area contributed by atoms with Gasteiger partial charge in [0, 0.05) is 5.56 Å². The predicted octanol–water partition coefficient (Wildman–Crippen LogP) is 2.42. The van der Waals surface area contributed by atoms with E-state index in [2.05, 4.69) is 20.6 Å². The van der Waals surface area contributed by atoms with E-state index in [4.69, 9.17) is 0 Å². The summed E-state index contributed by atoms with van der Waals surface area (Å²) in [5, 5.41) is 0. The summed E-state index contributed by atoms with van der Waals surface area (Å²) in [7, 11) is 0. The van der Waals surface area contributed by atoms with Gasteiger partial charge in [0.1, 0.15) is 18.1 Å². The molecule has 1 aromatic rings. The lowest BCUT2D eigenvalue weighted by Crippen LogP contribution is -2.47. The first-order chi connectivity index (χ1) is 11.0. The van der Waals surface area contributed by atoms with Gasteiger partial charge in [0.25, 0.3) is 5.91 Å². The first-order valence-corrected chi connectivity index (χ1v) is 6.53. The highest BCUT2D eigenvalue weighted by Crippen LogP contribution is 2.38. The minimum absolute atomic E-state index is 0.0458. The number of aliphatic imine (C=N–C) groups is 1. The Bertz CT molecular complexity index is 669. The van der Waals surface area contributed by atoms with E-state index in [0.29, 0.717) is 13.0 Å². The van der Waals surface area contributed by atoms with Gasteiger partial charge in [-0.05, 0) is 25.1 Å². The van der Waals surface area contributed by atoms with Gasteiger partial charge >= 0.3 is 12.4 Å². The molecule has 132 valence electrons. The molecule has 0 aromatic heterocycles. The Balaban J connectivity index is 2.38. The molecule has 0 fully saturated rings. The van der Waals surface area contributed by atoms with Crippen LogP contribution < -0.4 is 15.6 Å². The number of ether oxygens (including phenoxy) is 1. The van der Waals surface area contributed by atoms with Crippen molar-refractivity contribution < 1.29 is 35.9 Å². The van der Waals surface area contributed by atoms with Crippen molar-refractivity contribution in [2.75, 3.05) is 6.54 Å². The third kappa shape index (κ3) is 4.09. The standard InChI is InChI=1S/C13H11F6N3O2/c1-6(12(14,15)16)24-9-3-2-7(4-8(9)13(17,18)19)11-20-5-10(23)21-22-11/h2-4,6H,5H2,1H3,(H,20,22)(H,21,23). The monoisotopic (exact) mass is 355 g/mol. The van der Waals surface area contributed by atoms with Crippen LogP contribution in [0.3, 0.4) is 0 Å². The number of hydrogen-bond acceptors (Lipinski definition) is 4. The van der Waals surface area contributed by atoms with Crippen LogP contribution in [-0.2, 0) is 11.0 Å². The third-order valence-corrected chi connectivity index (χ3v) is 3.02. The maximum absolute atomic E-state index is 13.1. The fourth-order valence-electron chi connectivity index (χ4n) is 1.78. The van der Waals surface area contributed by atoms with E-state index >= 15 is 0 Å². The average Bonchev–Trinajstić information content (AvgIpc) is 2.46. The Kier molecular flexibility index (Phi) is 4.63. The molecule has 0 saturated carbocycles. The topological polar surface area (TPSA) is 62.7 Å². The molecular formula is C13H11F6N3O2. The zero-order chi connectivity index (χ0) is 18.1. The molecule has 1 heterocycles. The molecule has 1 atom stereocenters. The molecule has 1 aliphatic heterocycles. The first kappa shape index (κ1) is 17.9. The van der Waals surface area contributed by atoms with E-state index in [0.717, 1.165) is 12.1 Å². The Labute approximate surface area is 131 Å². The molecule has 5 nitrogen and oxygen atoms in total. The van der Waals surface area contributed by atoms with Gasteiger partial charge in [-0.25, -0.2) is 0 Å². The minimum atomic E-state index is -4.94. The van der Waals surface area contributed by atoms with Crippen molar-refractivity contribution in [3.63, 3.8) is 0 Å². The quantitative estimate of drug-likeness (QED) is 0.819. The van der Waals surface area contributed by atoms with E-state index in [-0.39, 0.29) is 17.9 Å². The molecule has 1 amide bonds. The smallest absolute Gasteiger partial charge is 0.425 e. The largest absolute Gasteiger partial charge is 0.481 e. The number of amides is 1. The van der Waals surface area contributed by atoms with Gasteiger partial charge in [0.05, 0.1) is 5.56 Å². The highest BCUT2D eigenvalue weighted by Gasteiger charge is 2.41. The second-order valence-electron chi connectivity index (χ2n) is 4.85. The van der Waals surface area contributed by atoms with E-state index in [9.17, 15) is 31.1 Å². The van der Waals surface area contributed by atoms with Crippen LogP contribution >= 0.6 is 0 Å². The Hall–Kier alpha value is -2.46. The number of hydrogen-bond donors (Lipinski definition) is 2. The van der Waals surface area contributed by atoms with Gasteiger partial charge in [0.2, 0.25) is 0 Å². The molecular weight excluding hydrogens is 344 g/mol. The maximum atomic E-state index is 13.1. The number of amidine groups is 1. The zero-order valence-electron chi connectivity index (χ0n) is 12.0. The molecule has 0 radical (unpaired) electrons. The number of nitrogens with zero attached hydrogens (tertiary/aromatic N) is 1. The van der Waals surface area contributed by atoms with Crippen molar-refractivity contribution in [1.82, 2.24) is 10.9 Å². The highest BCUT2D eigenvalue weighted by atomic mass is 19.4. The molecule has 11 heteroatoms. The second kappa shape index (κ2) is 6.21. The molecule has 1 aliphatic rings. The van der Waals surface area contributed by atoms with Crippen molar-refractivity contribution >= 4 is 11.7 Å². The van der Waals surface area contributed by atoms with Crippen molar-refractivity contribution in [2.24, 2.45) is 4.99 Å². The Morgan fingerprint density at radius 1 is 1.17 bits per heavy atom. The van der Waals surface area contributed by atoms with Gasteiger partial charge in [0.15, 0.2) is 6.10 Å². The minimum Gasteiger partial charge on any atom is -0.481 e. The van der Waals surface area contributed by atoms with Gasteiger partial charge < -0.3 is 4.74 Å². The van der Waals surface area contributed by atoms with Gasteiger partial charge in [-0.15, -0.1) is 0 Å². The average molecular weight is 355 g/mol. The maximum Gasteiger partial charge on any atom is 0.425 e. The SMILES string of the molecule is CC(Oc1ccc(C2=NCC(=O)NN2)cc1C(F)(F)F)C(F)(F)F. The predicted molar refractivity (Wildman–Crippen MR) is 70.3 cm³/mol. The van der Waals surface area contributed by atoms with Gasteiger partial charge in [-0.1, -0.05) is 0 Å². The van der Waals surface area contributed by atoms with Crippen LogP contribution in [0.1, 0.15) is 18.1 Å². The van der Waals surface area contributed by atoms with Crippen LogP contribution in [0.5, 0.6) is 5.75 Å². The second-order valence-corrected chi connectivity index (χ2v) is 4.85. The van der Waals surface area contributed by atoms with E-state index in [1.807, 2.05) is 0 Å². The summed E-state index contributed by atoms with van der Waals surface area (Å²) >= 11 is 0. The Morgan fingerprint density at radius 2 is 1.83 bits per heavy atom. The van der Waals surface area contributed by atoms with Crippen molar-refractivity contribution in [3.8, 4) is 5.75 Å². The number of rotatable bonds is 3. The van der Waals surface area contributed by atoms with Crippen LogP contribution in [0.15, 0.2) is 23.2 Å². The molecule has 0 spiro atoms. The lowest BCUT2D eigenvalue weighted by Gasteiger charge is -2.22. The van der Waals surface area contributed by atoms with Crippen LogP contribution in [0, 0.1) is 0 Å². The molecule has 1 unspecified atom stereocenters. The number of halogens is 6. The van der Waals surface area contributed by atoms with Crippen LogP contribution in [0.2, 0.25) is 0 Å². The van der Waals surface area contributed by atoms with Crippen LogP contribution in [0.25, 0.3) is 0 Å². The molecule has 1 aromatic carbocycles. The summed E-state index contributed by atoms with van der Waals surface area (Å²) in [5.74, 6) is -1.47. The molecule has 0 saturated heterocycles. The first-order valence-electron chi connectivity index (χ1n) is 6.53. The summed E-state index contributed by atoms with van der Waals surface area (Å²) in [6, 6.07) is 2.49. The van der Waals surface area contributed by atoms with Crippen molar-refractivity contribution in [1.29, 1.82) is 0 Å². The molecule has 0 bridgehead atoms. The number of hydrazine groups is 1. The molecule has 24 heavy (non-hydrogen) atoms. The number of carbonyl (C=O) groups excluding carboxylic acids is 1. The lowest BCUT2D eigenvalue weighted by molar-refractivity contribution is -0.191. The van der Waals surface area contributed by atoms with Gasteiger partial charge in [-0.3, -0.25) is 20.6 Å². The normalized spacial score (nSPS) is 16.8. The van der Waals surface area contributed by atoms with Crippen LogP contribution in [0.4, 0.5) is 26.3 Å². The molecule has 2 N–H and O–H groups in total. The number of benzene rings is 1. The van der Waals surface area contributed by atoms with Crippen LogP contribution in [-0.4, -0.2) is 30.6 Å². The summed E-state index contributed by atoms with van der Waals surface area (Å²) in [5.41, 5.74) is 3.05. The fraction of sp³-hybridized carbons (Fsp3) is 0.385. The third-order valence-electron chi connectivity index (χ3n) is 3.02. The van der Waals surface area contributed by atoms with Crippen molar-refractivity contribution in [3.05, 3.63) is 29.3 Å². The Morgan fingerprint density at radius 3 is 2.33 bits per heavy atom. The van der Waals surface area contributed by atoms with Crippen molar-refractivity contribution in [2.45, 2.75) is 25.4 Å². The highest BCUT2D eigenvalue weighted by molar-refractivity contribution is 6.02. The summed E-state index contributed by atoms with van der Waals surface area (Å²) < 4.78 is 81.2. The summed E-state index contributed by atoms with van der Waals surface area (Å²) in [6.07, 6.45) is -12.1. The number of carbonyl (C=O) groups is 1. The van der Waals surface area contributed by atoms with Gasteiger partial charge in [-0.2, -0.15) is 26.3 Å². The molecule has 0 aliphatic carbocycles. The van der Waals surface area contributed by atoms with E-state index in [1.54, 1.807) is 0 Å². The zero-order valence-corrected chi connectivity index (χ0v) is 12.0. The fourth-order valence-corrected chi connectivity index (χ4v) is 1.78. The number of nitrogens with one attached hydrogen (secondary N) is 2. The number of alkyl halides is 6. The lowest BCUT2D eigenvalue weighted by atomic mass is 10.1. The summed E-state index contributed by atoms with van der Waals surface area (Å²) in [4.78, 5) is 14.7. The van der Waals surface area contributed by atoms with E-state index < -0.39 is 35.7 Å². The summed E-state index contributed by atoms with van der Waals surface area (Å²) in [6.45, 7) is 0.323.